The lowest BCUT2D eigenvalue weighted by Crippen LogP contribution is -2.33. The van der Waals surface area contributed by atoms with E-state index in [9.17, 15) is 0 Å². The average molecular weight is 245 g/mol. The monoisotopic (exact) mass is 244 g/mol. The Bertz CT molecular complexity index is 341. The number of anilines is 2. The van der Waals surface area contributed by atoms with Gasteiger partial charge in [-0.05, 0) is 0 Å². The third-order valence-electron chi connectivity index (χ3n) is 2.26. The van der Waals surface area contributed by atoms with Gasteiger partial charge in [-0.3, -0.25) is 0 Å². The van der Waals surface area contributed by atoms with Crippen LogP contribution in [-0.4, -0.2) is 41.6 Å². The summed E-state index contributed by atoms with van der Waals surface area (Å²) < 4.78 is 0. The Labute approximate surface area is 98.4 Å². The molecular weight excluding hydrogens is 232 g/mol. The zero-order valence-electron chi connectivity index (χ0n) is 8.53. The van der Waals surface area contributed by atoms with Crippen molar-refractivity contribution >= 4 is 35.1 Å². The lowest BCUT2D eigenvalue weighted by atomic mass is 10.4. The maximum Gasteiger partial charge on any atom is 0.224 e. The average Bonchev–Trinajstić information content (AvgIpc) is 2.31. The Hall–Kier alpha value is -0.680. The molecule has 0 unspecified atom stereocenters. The van der Waals surface area contributed by atoms with Crippen LogP contribution in [0.2, 0.25) is 5.02 Å². The Morgan fingerprint density at radius 1 is 1.47 bits per heavy atom. The van der Waals surface area contributed by atoms with E-state index in [2.05, 4.69) is 20.2 Å². The first-order chi connectivity index (χ1) is 7.31. The van der Waals surface area contributed by atoms with E-state index in [1.807, 2.05) is 11.8 Å². The Balaban J connectivity index is 2.24. The maximum atomic E-state index is 6.09. The SMILES string of the molecule is CNc1ncc(Cl)c(N2CCSCC2)n1. The van der Waals surface area contributed by atoms with E-state index in [1.165, 1.54) is 0 Å². The fourth-order valence-electron chi connectivity index (χ4n) is 1.48. The largest absolute Gasteiger partial charge is 0.357 e. The number of nitrogens with zero attached hydrogens (tertiary/aromatic N) is 3. The zero-order valence-corrected chi connectivity index (χ0v) is 10.1. The number of halogens is 1. The molecule has 0 saturated carbocycles. The van der Waals surface area contributed by atoms with Crippen LogP contribution in [-0.2, 0) is 0 Å². The topological polar surface area (TPSA) is 41.1 Å². The Kier molecular flexibility index (Phi) is 3.53. The van der Waals surface area contributed by atoms with Crippen molar-refractivity contribution in [3.05, 3.63) is 11.2 Å². The van der Waals surface area contributed by atoms with Gasteiger partial charge in [0.05, 0.1) is 6.20 Å². The van der Waals surface area contributed by atoms with E-state index in [-0.39, 0.29) is 0 Å². The highest BCUT2D eigenvalue weighted by Gasteiger charge is 2.16. The van der Waals surface area contributed by atoms with Gasteiger partial charge in [0.1, 0.15) is 5.02 Å². The molecule has 2 heterocycles. The predicted molar refractivity (Wildman–Crippen MR) is 66.1 cm³/mol. The minimum absolute atomic E-state index is 0.618. The van der Waals surface area contributed by atoms with Crippen molar-refractivity contribution in [1.29, 1.82) is 0 Å². The highest BCUT2D eigenvalue weighted by Crippen LogP contribution is 2.25. The first-order valence-electron chi connectivity index (χ1n) is 4.84. The zero-order chi connectivity index (χ0) is 10.7. The number of aromatic nitrogens is 2. The van der Waals surface area contributed by atoms with Gasteiger partial charge in [-0.2, -0.15) is 16.7 Å². The maximum absolute atomic E-state index is 6.09. The van der Waals surface area contributed by atoms with E-state index in [1.54, 1.807) is 13.2 Å². The second-order valence-electron chi connectivity index (χ2n) is 3.21. The molecule has 0 bridgehead atoms. The summed E-state index contributed by atoms with van der Waals surface area (Å²) in [6, 6.07) is 0. The molecule has 0 radical (unpaired) electrons. The fraction of sp³-hybridized carbons (Fsp3) is 0.556. The summed E-state index contributed by atoms with van der Waals surface area (Å²) in [6.07, 6.45) is 1.65. The van der Waals surface area contributed by atoms with E-state index >= 15 is 0 Å². The molecule has 1 aliphatic heterocycles. The highest BCUT2D eigenvalue weighted by atomic mass is 35.5. The molecule has 0 spiro atoms. The molecule has 0 amide bonds. The molecular formula is C9H13ClN4S. The standard InChI is InChI=1S/C9H13ClN4S/c1-11-9-12-6-7(10)8(13-9)14-2-4-15-5-3-14/h6H,2-5H2,1H3,(H,11,12,13). The number of nitrogens with one attached hydrogen (secondary N) is 1. The van der Waals surface area contributed by atoms with Gasteiger partial charge in [-0.15, -0.1) is 0 Å². The summed E-state index contributed by atoms with van der Waals surface area (Å²) >= 11 is 8.05. The molecule has 1 saturated heterocycles. The summed E-state index contributed by atoms with van der Waals surface area (Å²) in [7, 11) is 1.80. The number of rotatable bonds is 2. The van der Waals surface area contributed by atoms with E-state index in [4.69, 9.17) is 11.6 Å². The Morgan fingerprint density at radius 3 is 2.87 bits per heavy atom. The van der Waals surface area contributed by atoms with Crippen LogP contribution in [0, 0.1) is 0 Å². The van der Waals surface area contributed by atoms with Crippen LogP contribution in [0.25, 0.3) is 0 Å². The van der Waals surface area contributed by atoms with Crippen molar-refractivity contribution in [2.45, 2.75) is 0 Å². The molecule has 1 aromatic rings. The molecule has 2 rings (SSSR count). The van der Waals surface area contributed by atoms with Gasteiger partial charge in [0.25, 0.3) is 0 Å². The summed E-state index contributed by atoms with van der Waals surface area (Å²) in [5, 5.41) is 3.55. The predicted octanol–water partition coefficient (Wildman–Crippen LogP) is 1.72. The fourth-order valence-corrected chi connectivity index (χ4v) is 2.59. The van der Waals surface area contributed by atoms with Gasteiger partial charge in [-0.25, -0.2) is 4.98 Å². The second kappa shape index (κ2) is 4.90. The number of thioether (sulfide) groups is 1. The molecule has 1 N–H and O–H groups in total. The van der Waals surface area contributed by atoms with Crippen LogP contribution < -0.4 is 10.2 Å². The molecule has 82 valence electrons. The summed E-state index contributed by atoms with van der Waals surface area (Å²) in [6.45, 7) is 2.01. The minimum atomic E-state index is 0.618. The van der Waals surface area contributed by atoms with Crippen LogP contribution in [0.1, 0.15) is 0 Å². The number of hydrogen-bond acceptors (Lipinski definition) is 5. The summed E-state index contributed by atoms with van der Waals surface area (Å²) in [5.74, 6) is 3.73. The van der Waals surface area contributed by atoms with Crippen LogP contribution in [0.3, 0.4) is 0 Å². The molecule has 15 heavy (non-hydrogen) atoms. The molecule has 0 atom stereocenters. The van der Waals surface area contributed by atoms with Crippen LogP contribution in [0.15, 0.2) is 6.20 Å². The molecule has 1 fully saturated rings. The van der Waals surface area contributed by atoms with Gasteiger partial charge in [0.15, 0.2) is 5.82 Å². The van der Waals surface area contributed by atoms with Crippen molar-refractivity contribution in [1.82, 2.24) is 9.97 Å². The highest BCUT2D eigenvalue weighted by molar-refractivity contribution is 7.99. The molecule has 4 nitrogen and oxygen atoms in total. The molecule has 0 aliphatic carbocycles. The van der Waals surface area contributed by atoms with Crippen LogP contribution in [0.5, 0.6) is 0 Å². The molecule has 1 aliphatic rings. The quantitative estimate of drug-likeness (QED) is 0.858. The van der Waals surface area contributed by atoms with Crippen molar-refractivity contribution in [3.8, 4) is 0 Å². The van der Waals surface area contributed by atoms with Crippen molar-refractivity contribution in [2.75, 3.05) is 41.9 Å². The lowest BCUT2D eigenvalue weighted by Gasteiger charge is -2.28. The minimum Gasteiger partial charge on any atom is -0.357 e. The van der Waals surface area contributed by atoms with E-state index < -0.39 is 0 Å². The summed E-state index contributed by atoms with van der Waals surface area (Å²) in [5.41, 5.74) is 0. The second-order valence-corrected chi connectivity index (χ2v) is 4.85. The van der Waals surface area contributed by atoms with Crippen LogP contribution >= 0.6 is 23.4 Å². The third-order valence-corrected chi connectivity index (χ3v) is 3.47. The molecule has 1 aromatic heterocycles. The van der Waals surface area contributed by atoms with Gasteiger partial charge in [0, 0.05) is 31.6 Å². The lowest BCUT2D eigenvalue weighted by molar-refractivity contribution is 0.836. The smallest absolute Gasteiger partial charge is 0.224 e. The van der Waals surface area contributed by atoms with Crippen molar-refractivity contribution < 1.29 is 0 Å². The van der Waals surface area contributed by atoms with Crippen molar-refractivity contribution in [2.24, 2.45) is 0 Å². The molecule has 6 heteroatoms. The van der Waals surface area contributed by atoms with Crippen LogP contribution in [0.4, 0.5) is 11.8 Å². The van der Waals surface area contributed by atoms with Gasteiger partial charge in [-0.1, -0.05) is 11.6 Å². The van der Waals surface area contributed by atoms with Gasteiger partial charge < -0.3 is 10.2 Å². The normalized spacial score (nSPS) is 16.5. The van der Waals surface area contributed by atoms with E-state index in [0.717, 1.165) is 30.4 Å². The number of hydrogen-bond donors (Lipinski definition) is 1. The molecule has 0 aromatic carbocycles. The van der Waals surface area contributed by atoms with Gasteiger partial charge >= 0.3 is 0 Å². The van der Waals surface area contributed by atoms with E-state index in [0.29, 0.717) is 11.0 Å². The summed E-state index contributed by atoms with van der Waals surface area (Å²) in [4.78, 5) is 10.7. The van der Waals surface area contributed by atoms with Crippen molar-refractivity contribution in [3.63, 3.8) is 0 Å². The third kappa shape index (κ3) is 2.46. The first kappa shape index (κ1) is 10.8. The van der Waals surface area contributed by atoms with Gasteiger partial charge in [0.2, 0.25) is 5.95 Å². The Morgan fingerprint density at radius 2 is 2.20 bits per heavy atom. The first-order valence-corrected chi connectivity index (χ1v) is 6.37.